The van der Waals surface area contributed by atoms with Crippen LogP contribution < -0.4 is 0 Å². The molecule has 3 heterocycles. The maximum absolute atomic E-state index is 11.8. The van der Waals surface area contributed by atoms with E-state index in [1.807, 2.05) is 0 Å². The highest BCUT2D eigenvalue weighted by atomic mass is 32.3. The van der Waals surface area contributed by atoms with Gasteiger partial charge in [0.25, 0.3) is 0 Å². The molecule has 3 rings (SSSR count). The van der Waals surface area contributed by atoms with E-state index in [-0.39, 0.29) is 0 Å². The van der Waals surface area contributed by atoms with Crippen LogP contribution in [0, 0.1) is 0 Å². The lowest BCUT2D eigenvalue weighted by Gasteiger charge is -2.36. The number of carbonyl (C=O) groups excluding carboxylic acids is 1. The Labute approximate surface area is 103 Å². The van der Waals surface area contributed by atoms with Gasteiger partial charge in [-0.3, -0.25) is 14.5 Å². The van der Waals surface area contributed by atoms with Gasteiger partial charge in [-0.05, 0) is 6.08 Å². The number of hydroxylamine groups is 4. The summed E-state index contributed by atoms with van der Waals surface area (Å²) in [5.41, 5.74) is 0.785. The zero-order valence-electron chi connectivity index (χ0n) is 9.22. The zero-order chi connectivity index (χ0) is 12.9. The minimum Gasteiger partial charge on any atom is -0.314 e. The van der Waals surface area contributed by atoms with Crippen LogP contribution in [0.15, 0.2) is 11.8 Å². The SMILES string of the molecule is O=C1N2CC(N3CCO3)=CC(C2)N1OS(=O)(=O)O. The van der Waals surface area contributed by atoms with Crippen LogP contribution in [-0.4, -0.2) is 66.3 Å². The first-order chi connectivity index (χ1) is 8.44. The first-order valence-corrected chi connectivity index (χ1v) is 6.67. The fourth-order valence-electron chi connectivity index (χ4n) is 2.14. The third-order valence-corrected chi connectivity index (χ3v) is 3.29. The van der Waals surface area contributed by atoms with Gasteiger partial charge in [0.1, 0.15) is 6.04 Å². The quantitative estimate of drug-likeness (QED) is 0.658. The fraction of sp³-hybridized carbons (Fsp3) is 0.625. The Balaban J connectivity index is 1.82. The Morgan fingerprint density at radius 1 is 1.50 bits per heavy atom. The summed E-state index contributed by atoms with van der Waals surface area (Å²) in [6, 6.07) is -1.14. The average Bonchev–Trinajstić information content (AvgIpc) is 2.38. The lowest BCUT2D eigenvalue weighted by Crippen LogP contribution is -2.44. The molecule has 0 radical (unpaired) electrons. The van der Waals surface area contributed by atoms with Crippen LogP contribution in [-0.2, 0) is 19.5 Å². The molecule has 0 aliphatic carbocycles. The van der Waals surface area contributed by atoms with Crippen LogP contribution in [0.1, 0.15) is 0 Å². The van der Waals surface area contributed by atoms with Crippen LogP contribution in [0.5, 0.6) is 0 Å². The van der Waals surface area contributed by atoms with E-state index in [1.165, 1.54) is 4.90 Å². The van der Waals surface area contributed by atoms with Gasteiger partial charge in [-0.1, -0.05) is 0 Å². The molecule has 0 aromatic carbocycles. The van der Waals surface area contributed by atoms with Gasteiger partial charge >= 0.3 is 16.4 Å². The monoisotopic (exact) mass is 277 g/mol. The molecule has 2 amide bonds. The Morgan fingerprint density at radius 3 is 2.78 bits per heavy atom. The van der Waals surface area contributed by atoms with E-state index in [9.17, 15) is 13.2 Å². The maximum Gasteiger partial charge on any atom is 0.418 e. The van der Waals surface area contributed by atoms with Gasteiger partial charge in [0.15, 0.2) is 0 Å². The average molecular weight is 277 g/mol. The van der Waals surface area contributed by atoms with Gasteiger partial charge < -0.3 is 4.90 Å². The molecule has 2 saturated heterocycles. The van der Waals surface area contributed by atoms with Gasteiger partial charge in [0, 0.05) is 6.54 Å². The summed E-state index contributed by atoms with van der Waals surface area (Å²) in [4.78, 5) is 18.4. The van der Waals surface area contributed by atoms with Crippen molar-refractivity contribution >= 4 is 16.4 Å². The Morgan fingerprint density at radius 2 is 2.22 bits per heavy atom. The summed E-state index contributed by atoms with van der Waals surface area (Å²) in [5, 5.41) is 2.30. The number of carbonyl (C=O) groups is 1. The van der Waals surface area contributed by atoms with Gasteiger partial charge in [0.05, 0.1) is 25.4 Å². The second kappa shape index (κ2) is 3.82. The van der Waals surface area contributed by atoms with Gasteiger partial charge in [0.2, 0.25) is 0 Å². The van der Waals surface area contributed by atoms with E-state index < -0.39 is 22.5 Å². The molecular weight excluding hydrogens is 266 g/mol. The van der Waals surface area contributed by atoms with Crippen LogP contribution in [0.2, 0.25) is 0 Å². The largest absolute Gasteiger partial charge is 0.418 e. The maximum atomic E-state index is 11.8. The van der Waals surface area contributed by atoms with Crippen molar-refractivity contribution in [2.75, 3.05) is 26.2 Å². The minimum atomic E-state index is -4.70. The van der Waals surface area contributed by atoms with Crippen molar-refractivity contribution in [3.63, 3.8) is 0 Å². The summed E-state index contributed by atoms with van der Waals surface area (Å²) in [6.07, 6.45) is 1.70. The molecule has 0 aromatic rings. The number of amides is 2. The summed E-state index contributed by atoms with van der Waals surface area (Å²) >= 11 is 0. The Kier molecular flexibility index (Phi) is 2.48. The smallest absolute Gasteiger partial charge is 0.314 e. The molecular formula is C8H11N3O6S. The van der Waals surface area contributed by atoms with Crippen molar-refractivity contribution in [3.05, 3.63) is 11.8 Å². The Bertz CT molecular complexity index is 513. The molecule has 2 bridgehead atoms. The standard InChI is InChI=1S/C8H11N3O6S/c12-8-9-4-6(10-1-2-16-10)3-7(5-9)11(8)17-18(13,14)15/h3,7H,1-2,4-5H2,(H,13,14,15). The van der Waals surface area contributed by atoms with Gasteiger partial charge in [-0.2, -0.15) is 13.5 Å². The molecule has 2 fully saturated rings. The number of hydrogen-bond acceptors (Lipinski definition) is 6. The summed E-state index contributed by atoms with van der Waals surface area (Å²) in [6.45, 7) is 2.02. The van der Waals surface area contributed by atoms with Crippen molar-refractivity contribution in [1.82, 2.24) is 15.0 Å². The molecule has 9 nitrogen and oxygen atoms in total. The van der Waals surface area contributed by atoms with Crippen LogP contribution in [0.4, 0.5) is 4.79 Å². The van der Waals surface area contributed by atoms with Gasteiger partial charge in [-0.15, -0.1) is 4.28 Å². The van der Waals surface area contributed by atoms with E-state index in [1.54, 1.807) is 11.1 Å². The predicted molar refractivity (Wildman–Crippen MR) is 56.0 cm³/mol. The van der Waals surface area contributed by atoms with Crippen molar-refractivity contribution in [2.24, 2.45) is 0 Å². The number of hydrogen-bond donors (Lipinski definition) is 1. The van der Waals surface area contributed by atoms with E-state index in [0.717, 1.165) is 12.2 Å². The lowest BCUT2D eigenvalue weighted by molar-refractivity contribution is -0.223. The van der Waals surface area contributed by atoms with Crippen LogP contribution >= 0.6 is 0 Å². The molecule has 18 heavy (non-hydrogen) atoms. The summed E-state index contributed by atoms with van der Waals surface area (Å²) in [5.74, 6) is 0. The topological polar surface area (TPSA) is 99.6 Å². The molecule has 0 aromatic heterocycles. The highest BCUT2D eigenvalue weighted by molar-refractivity contribution is 7.80. The number of fused-ring (bicyclic) bond motifs is 2. The third-order valence-electron chi connectivity index (χ3n) is 2.94. The van der Waals surface area contributed by atoms with E-state index in [4.69, 9.17) is 9.39 Å². The molecule has 10 heteroatoms. The highest BCUT2D eigenvalue weighted by Crippen LogP contribution is 2.28. The molecule has 0 saturated carbocycles. The van der Waals surface area contributed by atoms with Crippen molar-refractivity contribution in [1.29, 1.82) is 0 Å². The number of rotatable bonds is 3. The Hall–Kier alpha value is -1.36. The molecule has 3 aliphatic rings. The molecule has 1 unspecified atom stereocenters. The first kappa shape index (κ1) is 11.7. The molecule has 0 spiro atoms. The predicted octanol–water partition coefficient (Wildman–Crippen LogP) is -1.03. The third kappa shape index (κ3) is 1.92. The number of urea groups is 1. The first-order valence-electron chi connectivity index (χ1n) is 5.30. The fourth-order valence-corrected chi connectivity index (χ4v) is 2.52. The second-order valence-corrected chi connectivity index (χ2v) is 5.16. The molecule has 1 atom stereocenters. The van der Waals surface area contributed by atoms with E-state index >= 15 is 0 Å². The summed E-state index contributed by atoms with van der Waals surface area (Å²) in [7, 11) is -4.70. The highest BCUT2D eigenvalue weighted by Gasteiger charge is 2.44. The van der Waals surface area contributed by atoms with Gasteiger partial charge in [-0.25, -0.2) is 4.79 Å². The minimum absolute atomic E-state index is 0.325. The van der Waals surface area contributed by atoms with E-state index in [0.29, 0.717) is 24.8 Å². The summed E-state index contributed by atoms with van der Waals surface area (Å²) < 4.78 is 34.2. The lowest BCUT2D eigenvalue weighted by atomic mass is 10.2. The van der Waals surface area contributed by atoms with Crippen molar-refractivity contribution in [2.45, 2.75) is 6.04 Å². The number of nitrogens with zero attached hydrogens (tertiary/aromatic N) is 3. The molecule has 1 N–H and O–H groups in total. The zero-order valence-corrected chi connectivity index (χ0v) is 10.0. The van der Waals surface area contributed by atoms with Crippen molar-refractivity contribution < 1.29 is 26.9 Å². The molecule has 3 aliphatic heterocycles. The van der Waals surface area contributed by atoms with E-state index in [2.05, 4.69) is 4.28 Å². The van der Waals surface area contributed by atoms with Crippen molar-refractivity contribution in [3.8, 4) is 0 Å². The van der Waals surface area contributed by atoms with Crippen LogP contribution in [0.25, 0.3) is 0 Å². The second-order valence-electron chi connectivity index (χ2n) is 4.15. The molecule has 100 valence electrons. The normalized spacial score (nSPS) is 27.4. The van der Waals surface area contributed by atoms with Crippen LogP contribution in [0.3, 0.4) is 0 Å².